The summed E-state index contributed by atoms with van der Waals surface area (Å²) in [5.74, 6) is 1.14. The molecule has 1 aromatic carbocycles. The van der Waals surface area contributed by atoms with Crippen LogP contribution in [0.1, 0.15) is 12.5 Å². The first-order chi connectivity index (χ1) is 9.74. The zero-order chi connectivity index (χ0) is 13.9. The van der Waals surface area contributed by atoms with Crippen LogP contribution in [0.3, 0.4) is 0 Å². The molecule has 104 valence electrons. The van der Waals surface area contributed by atoms with E-state index < -0.39 is 6.10 Å². The van der Waals surface area contributed by atoms with Gasteiger partial charge in [0.05, 0.1) is 0 Å². The molecule has 2 heterocycles. The molecule has 1 aromatic heterocycles. The van der Waals surface area contributed by atoms with Gasteiger partial charge in [-0.15, -0.1) is 0 Å². The normalized spacial score (nSPS) is 20.4. The summed E-state index contributed by atoms with van der Waals surface area (Å²) in [6, 6.07) is 9.37. The Balaban J connectivity index is 1.66. The molecule has 0 radical (unpaired) electrons. The van der Waals surface area contributed by atoms with E-state index in [2.05, 4.69) is 5.32 Å². The number of hydrogen-bond donors (Lipinski definition) is 1. The van der Waals surface area contributed by atoms with E-state index in [1.807, 2.05) is 41.9 Å². The van der Waals surface area contributed by atoms with Crippen LogP contribution < -0.4 is 14.8 Å². The lowest BCUT2D eigenvalue weighted by Crippen LogP contribution is -2.48. The quantitative estimate of drug-likeness (QED) is 0.945. The highest BCUT2D eigenvalue weighted by atomic mass is 32.1. The van der Waals surface area contributed by atoms with Crippen LogP contribution in [0.15, 0.2) is 41.1 Å². The first-order valence-electron chi connectivity index (χ1n) is 6.45. The Kier molecular flexibility index (Phi) is 3.60. The van der Waals surface area contributed by atoms with Gasteiger partial charge in [-0.25, -0.2) is 0 Å². The summed E-state index contributed by atoms with van der Waals surface area (Å²) in [4.78, 5) is 12.2. The number of carbonyl (C=O) groups is 1. The van der Waals surface area contributed by atoms with E-state index in [9.17, 15) is 4.79 Å². The topological polar surface area (TPSA) is 47.6 Å². The predicted molar refractivity (Wildman–Crippen MR) is 77.1 cm³/mol. The SMILES string of the molecule is C[C@@H]1Oc2ccccc2O[C@@H]1C(=O)NCc1ccsc1. The standard InChI is InChI=1S/C15H15NO3S/c1-10-14(15(17)16-8-11-6-7-20-9-11)19-13-5-3-2-4-12(13)18-10/h2-7,9-10,14H,8H2,1H3,(H,16,17)/t10-,14-/m0/s1. The molecule has 0 unspecified atom stereocenters. The van der Waals surface area contributed by atoms with E-state index in [4.69, 9.17) is 9.47 Å². The van der Waals surface area contributed by atoms with E-state index in [0.717, 1.165) is 5.56 Å². The Morgan fingerprint density at radius 2 is 2.00 bits per heavy atom. The maximum atomic E-state index is 12.2. The van der Waals surface area contributed by atoms with Crippen LogP contribution in [0.2, 0.25) is 0 Å². The van der Waals surface area contributed by atoms with Gasteiger partial charge in [-0.3, -0.25) is 4.79 Å². The average Bonchev–Trinajstić information content (AvgIpc) is 2.97. The van der Waals surface area contributed by atoms with Crippen molar-refractivity contribution in [2.45, 2.75) is 25.7 Å². The van der Waals surface area contributed by atoms with Gasteiger partial charge < -0.3 is 14.8 Å². The maximum Gasteiger partial charge on any atom is 0.265 e. The van der Waals surface area contributed by atoms with E-state index in [0.29, 0.717) is 18.0 Å². The van der Waals surface area contributed by atoms with Gasteiger partial charge in [0.15, 0.2) is 11.5 Å². The molecule has 1 aliphatic rings. The molecule has 2 atom stereocenters. The highest BCUT2D eigenvalue weighted by Crippen LogP contribution is 2.33. The minimum atomic E-state index is -0.622. The molecule has 4 nitrogen and oxygen atoms in total. The van der Waals surface area contributed by atoms with Crippen molar-refractivity contribution in [2.75, 3.05) is 0 Å². The first-order valence-corrected chi connectivity index (χ1v) is 7.39. The summed E-state index contributed by atoms with van der Waals surface area (Å²) >= 11 is 1.61. The van der Waals surface area contributed by atoms with Crippen LogP contribution in [-0.2, 0) is 11.3 Å². The Labute approximate surface area is 121 Å². The molecule has 0 saturated carbocycles. The molecule has 0 saturated heterocycles. The highest BCUT2D eigenvalue weighted by Gasteiger charge is 2.33. The van der Waals surface area contributed by atoms with Crippen LogP contribution >= 0.6 is 11.3 Å². The molecule has 1 N–H and O–H groups in total. The van der Waals surface area contributed by atoms with Crippen molar-refractivity contribution >= 4 is 17.2 Å². The summed E-state index contributed by atoms with van der Waals surface area (Å²) < 4.78 is 11.5. The van der Waals surface area contributed by atoms with Gasteiger partial charge in [-0.1, -0.05) is 12.1 Å². The molecular formula is C15H15NO3S. The van der Waals surface area contributed by atoms with E-state index in [-0.39, 0.29) is 12.0 Å². The van der Waals surface area contributed by atoms with Crippen LogP contribution in [0.4, 0.5) is 0 Å². The van der Waals surface area contributed by atoms with Crippen molar-refractivity contribution in [1.29, 1.82) is 0 Å². The monoisotopic (exact) mass is 289 g/mol. The van der Waals surface area contributed by atoms with Crippen LogP contribution in [0.25, 0.3) is 0 Å². The molecule has 3 rings (SSSR count). The fraction of sp³-hybridized carbons (Fsp3) is 0.267. The largest absolute Gasteiger partial charge is 0.482 e. The molecule has 1 amide bonds. The maximum absolute atomic E-state index is 12.2. The third-order valence-corrected chi connectivity index (χ3v) is 3.88. The number of ether oxygens (including phenoxy) is 2. The lowest BCUT2D eigenvalue weighted by atomic mass is 10.1. The van der Waals surface area contributed by atoms with Gasteiger partial charge in [0.1, 0.15) is 6.10 Å². The van der Waals surface area contributed by atoms with Crippen molar-refractivity contribution in [3.8, 4) is 11.5 Å². The third kappa shape index (κ3) is 2.63. The molecule has 2 aromatic rings. The van der Waals surface area contributed by atoms with Crippen molar-refractivity contribution in [3.63, 3.8) is 0 Å². The van der Waals surface area contributed by atoms with Gasteiger partial charge in [-0.2, -0.15) is 11.3 Å². The second kappa shape index (κ2) is 5.54. The lowest BCUT2D eigenvalue weighted by molar-refractivity contribution is -0.133. The molecule has 20 heavy (non-hydrogen) atoms. The Morgan fingerprint density at radius 1 is 1.25 bits per heavy atom. The average molecular weight is 289 g/mol. The zero-order valence-corrected chi connectivity index (χ0v) is 11.9. The van der Waals surface area contributed by atoms with Gasteiger partial charge in [0, 0.05) is 6.54 Å². The number of rotatable bonds is 3. The Bertz CT molecular complexity index is 597. The van der Waals surface area contributed by atoms with Gasteiger partial charge in [0.25, 0.3) is 5.91 Å². The summed E-state index contributed by atoms with van der Waals surface area (Å²) in [6.07, 6.45) is -0.934. The minimum absolute atomic E-state index is 0.154. The molecule has 5 heteroatoms. The van der Waals surface area contributed by atoms with Crippen LogP contribution in [0.5, 0.6) is 11.5 Å². The molecule has 0 bridgehead atoms. The number of fused-ring (bicyclic) bond motifs is 1. The molecule has 0 fully saturated rings. The number of carbonyl (C=O) groups excluding carboxylic acids is 1. The van der Waals surface area contributed by atoms with E-state index >= 15 is 0 Å². The Morgan fingerprint density at radius 3 is 2.70 bits per heavy atom. The van der Waals surface area contributed by atoms with Crippen molar-refractivity contribution in [1.82, 2.24) is 5.32 Å². The second-order valence-electron chi connectivity index (χ2n) is 4.66. The molecular weight excluding hydrogens is 274 g/mol. The fourth-order valence-electron chi connectivity index (χ4n) is 2.09. The lowest BCUT2D eigenvalue weighted by Gasteiger charge is -2.30. The summed E-state index contributed by atoms with van der Waals surface area (Å²) in [7, 11) is 0. The smallest absolute Gasteiger partial charge is 0.265 e. The van der Waals surface area contributed by atoms with Gasteiger partial charge >= 0.3 is 0 Å². The van der Waals surface area contributed by atoms with E-state index in [1.165, 1.54) is 0 Å². The first kappa shape index (κ1) is 13.0. The van der Waals surface area contributed by atoms with E-state index in [1.54, 1.807) is 17.4 Å². The van der Waals surface area contributed by atoms with Crippen LogP contribution in [0, 0.1) is 0 Å². The molecule has 1 aliphatic heterocycles. The Hall–Kier alpha value is -2.01. The number of para-hydroxylation sites is 2. The number of thiophene rings is 1. The van der Waals surface area contributed by atoms with Gasteiger partial charge in [-0.05, 0) is 41.4 Å². The summed E-state index contributed by atoms with van der Waals surface area (Å²) in [5, 5.41) is 6.88. The number of benzene rings is 1. The zero-order valence-electron chi connectivity index (χ0n) is 11.0. The number of hydrogen-bond acceptors (Lipinski definition) is 4. The predicted octanol–water partition coefficient (Wildman–Crippen LogP) is 2.59. The number of nitrogens with one attached hydrogen (secondary N) is 1. The third-order valence-electron chi connectivity index (χ3n) is 3.15. The van der Waals surface area contributed by atoms with Crippen molar-refractivity contribution in [2.24, 2.45) is 0 Å². The highest BCUT2D eigenvalue weighted by molar-refractivity contribution is 7.07. The second-order valence-corrected chi connectivity index (χ2v) is 5.44. The van der Waals surface area contributed by atoms with Gasteiger partial charge in [0.2, 0.25) is 6.10 Å². The summed E-state index contributed by atoms with van der Waals surface area (Å²) in [5.41, 5.74) is 1.09. The molecule has 0 spiro atoms. The van der Waals surface area contributed by atoms with Crippen molar-refractivity contribution in [3.05, 3.63) is 46.7 Å². The summed E-state index contributed by atoms with van der Waals surface area (Å²) in [6.45, 7) is 2.35. The van der Waals surface area contributed by atoms with Crippen LogP contribution in [-0.4, -0.2) is 18.1 Å². The molecule has 0 aliphatic carbocycles. The minimum Gasteiger partial charge on any atom is -0.482 e. The fourth-order valence-corrected chi connectivity index (χ4v) is 2.76. The number of amides is 1. The van der Waals surface area contributed by atoms with Crippen molar-refractivity contribution < 1.29 is 14.3 Å².